The van der Waals surface area contributed by atoms with Gasteiger partial charge in [-0.2, -0.15) is 9.78 Å². The molecule has 0 radical (unpaired) electrons. The van der Waals surface area contributed by atoms with Crippen molar-refractivity contribution >= 4 is 46.1 Å². The van der Waals surface area contributed by atoms with Crippen molar-refractivity contribution in [2.24, 2.45) is 5.92 Å². The van der Waals surface area contributed by atoms with Crippen LogP contribution in [0.15, 0.2) is 12.1 Å². The summed E-state index contributed by atoms with van der Waals surface area (Å²) in [6.07, 6.45) is 3.59. The van der Waals surface area contributed by atoms with Gasteiger partial charge < -0.3 is 4.74 Å². The van der Waals surface area contributed by atoms with E-state index in [4.69, 9.17) is 16.3 Å². The lowest BCUT2D eigenvalue weighted by atomic mass is 9.88. The Labute approximate surface area is 174 Å². The normalized spacial score (nSPS) is 18.9. The zero-order valence-electron chi connectivity index (χ0n) is 14.6. The maximum atomic E-state index is 14.1. The minimum Gasteiger partial charge on any atom is -0.469 e. The first-order valence-electron chi connectivity index (χ1n) is 8.79. The Morgan fingerprint density at radius 2 is 2.07 bits per heavy atom. The fourth-order valence-corrected chi connectivity index (χ4v) is 4.78. The maximum Gasteiger partial charge on any atom is 0.309 e. The van der Waals surface area contributed by atoms with Gasteiger partial charge in [-0.25, -0.2) is 4.39 Å². The van der Waals surface area contributed by atoms with Gasteiger partial charge in [-0.1, -0.05) is 17.7 Å². The molecule has 1 saturated carbocycles. The predicted molar refractivity (Wildman–Crippen MR) is 106 cm³/mol. The smallest absolute Gasteiger partial charge is 0.309 e. The molecule has 27 heavy (non-hydrogen) atoms. The fourth-order valence-electron chi connectivity index (χ4n) is 3.73. The number of esters is 1. The molecule has 142 valence electrons. The van der Waals surface area contributed by atoms with Crippen LogP contribution in [-0.2, 0) is 22.4 Å². The summed E-state index contributed by atoms with van der Waals surface area (Å²) in [5.74, 6) is -1.43. The van der Waals surface area contributed by atoms with Crippen molar-refractivity contribution in [3.63, 3.8) is 0 Å². The molecule has 4 rings (SSSR count). The van der Waals surface area contributed by atoms with Gasteiger partial charge in [0.05, 0.1) is 29.3 Å². The number of hydrogen-bond donors (Lipinski definition) is 0. The van der Waals surface area contributed by atoms with E-state index in [2.05, 4.69) is 27.7 Å². The molecule has 2 aliphatic carbocycles. The third kappa shape index (κ3) is 3.29. The van der Waals surface area contributed by atoms with Crippen molar-refractivity contribution in [1.82, 2.24) is 9.78 Å². The lowest BCUT2D eigenvalue weighted by molar-refractivity contribution is -0.145. The number of carbonyl (C=O) groups excluding carboxylic acids is 2. The Bertz CT molecular complexity index is 955. The Kier molecular flexibility index (Phi) is 5.00. The number of fused-ring (bicyclic) bond motifs is 1. The van der Waals surface area contributed by atoms with Gasteiger partial charge in [0.1, 0.15) is 9.52 Å². The molecule has 0 bridgehead atoms. The summed E-state index contributed by atoms with van der Waals surface area (Å²) >= 11 is 8.29. The minimum absolute atomic E-state index is 0.163. The Morgan fingerprint density at radius 3 is 2.74 bits per heavy atom. The van der Waals surface area contributed by atoms with Crippen LogP contribution in [0.4, 0.5) is 4.39 Å². The third-order valence-corrected chi connectivity index (χ3v) is 6.54. The summed E-state index contributed by atoms with van der Waals surface area (Å²) in [5, 5.41) is 4.24. The van der Waals surface area contributed by atoms with Crippen LogP contribution in [-0.4, -0.2) is 28.8 Å². The van der Waals surface area contributed by atoms with Crippen molar-refractivity contribution in [1.29, 1.82) is 0 Å². The molecular weight excluding hydrogens is 486 g/mol. The molecule has 0 saturated heterocycles. The van der Waals surface area contributed by atoms with E-state index in [1.165, 1.54) is 17.9 Å². The first kappa shape index (κ1) is 18.9. The van der Waals surface area contributed by atoms with Gasteiger partial charge >= 0.3 is 5.97 Å². The van der Waals surface area contributed by atoms with Gasteiger partial charge in [0.25, 0.3) is 5.91 Å². The van der Waals surface area contributed by atoms with Gasteiger partial charge in [0, 0.05) is 12.0 Å². The molecule has 1 atom stereocenters. The van der Waals surface area contributed by atoms with Crippen LogP contribution < -0.4 is 0 Å². The molecule has 0 N–H and O–H groups in total. The zero-order chi connectivity index (χ0) is 19.3. The topological polar surface area (TPSA) is 61.2 Å². The van der Waals surface area contributed by atoms with Crippen LogP contribution in [0.2, 0.25) is 5.02 Å². The average molecular weight is 503 g/mol. The second-order valence-electron chi connectivity index (χ2n) is 7.00. The van der Waals surface area contributed by atoms with E-state index in [1.54, 1.807) is 6.07 Å². The average Bonchev–Trinajstić information content (AvgIpc) is 3.46. The number of nitrogens with zero attached hydrogens (tertiary/aromatic N) is 2. The minimum atomic E-state index is -0.618. The number of ether oxygens (including phenoxy) is 1. The van der Waals surface area contributed by atoms with E-state index in [-0.39, 0.29) is 28.4 Å². The third-order valence-electron chi connectivity index (χ3n) is 5.31. The Hall–Kier alpha value is -1.48. The SMILES string of the molecule is COC(=O)C1CCc2c(I)nn(C(=O)c3c(C4CC4)ccc(F)c3Cl)c2C1. The molecule has 5 nitrogen and oxygen atoms in total. The van der Waals surface area contributed by atoms with E-state index in [0.29, 0.717) is 25.0 Å². The standard InChI is InChI=1S/C19H17ClFIN2O3/c1-27-19(26)10-4-5-12-14(8-10)24(23-17(12)22)18(25)15-11(9-2-3-9)6-7-13(21)16(15)20/h6-7,9-10H,2-5,8H2,1H3. The Morgan fingerprint density at radius 1 is 1.33 bits per heavy atom. The highest BCUT2D eigenvalue weighted by molar-refractivity contribution is 14.1. The molecule has 1 heterocycles. The summed E-state index contributed by atoms with van der Waals surface area (Å²) in [4.78, 5) is 25.3. The van der Waals surface area contributed by atoms with Crippen LogP contribution in [0, 0.1) is 15.4 Å². The van der Waals surface area contributed by atoms with Crippen LogP contribution >= 0.6 is 34.2 Å². The molecule has 0 amide bonds. The van der Waals surface area contributed by atoms with Gasteiger partial charge in [-0.05, 0) is 65.8 Å². The van der Waals surface area contributed by atoms with Gasteiger partial charge in [-0.3, -0.25) is 9.59 Å². The van der Waals surface area contributed by atoms with Crippen molar-refractivity contribution in [2.75, 3.05) is 7.11 Å². The van der Waals surface area contributed by atoms with E-state index < -0.39 is 11.7 Å². The molecule has 2 aliphatic rings. The molecule has 1 aromatic heterocycles. The quantitative estimate of drug-likeness (QED) is 0.468. The molecule has 0 spiro atoms. The van der Waals surface area contributed by atoms with Crippen molar-refractivity contribution < 1.29 is 18.7 Å². The van der Waals surface area contributed by atoms with Crippen LogP contribution in [0.1, 0.15) is 52.4 Å². The molecular formula is C19H17ClFIN2O3. The second-order valence-corrected chi connectivity index (χ2v) is 8.40. The lowest BCUT2D eigenvalue weighted by Gasteiger charge is -2.21. The number of benzene rings is 1. The summed E-state index contributed by atoms with van der Waals surface area (Å²) < 4.78 is 21.0. The first-order valence-corrected chi connectivity index (χ1v) is 10.2. The summed E-state index contributed by atoms with van der Waals surface area (Å²) in [6.45, 7) is 0. The highest BCUT2D eigenvalue weighted by Crippen LogP contribution is 2.44. The number of aromatic nitrogens is 2. The molecule has 1 unspecified atom stereocenters. The number of halogens is 3. The fraction of sp³-hybridized carbons (Fsp3) is 0.421. The number of rotatable bonds is 3. The van der Waals surface area contributed by atoms with E-state index in [0.717, 1.165) is 27.7 Å². The highest BCUT2D eigenvalue weighted by atomic mass is 127. The van der Waals surface area contributed by atoms with Gasteiger partial charge in [0.2, 0.25) is 0 Å². The predicted octanol–water partition coefficient (Wildman–Crippen LogP) is 4.12. The van der Waals surface area contributed by atoms with Crippen LogP contribution in [0.3, 0.4) is 0 Å². The van der Waals surface area contributed by atoms with E-state index in [1.807, 2.05) is 0 Å². The van der Waals surface area contributed by atoms with E-state index in [9.17, 15) is 14.0 Å². The zero-order valence-corrected chi connectivity index (χ0v) is 17.5. The van der Waals surface area contributed by atoms with Gasteiger partial charge in [-0.15, -0.1) is 0 Å². The van der Waals surface area contributed by atoms with E-state index >= 15 is 0 Å². The molecule has 0 aliphatic heterocycles. The summed E-state index contributed by atoms with van der Waals surface area (Å²) in [5.41, 5.74) is 2.60. The maximum absolute atomic E-state index is 14.1. The largest absolute Gasteiger partial charge is 0.469 e. The molecule has 2 aromatic rings. The highest BCUT2D eigenvalue weighted by Gasteiger charge is 2.35. The monoisotopic (exact) mass is 502 g/mol. The molecule has 8 heteroatoms. The Balaban J connectivity index is 1.79. The number of methoxy groups -OCH3 is 1. The van der Waals surface area contributed by atoms with Crippen molar-refractivity contribution in [3.8, 4) is 0 Å². The second kappa shape index (κ2) is 7.16. The molecule has 1 fully saturated rings. The van der Waals surface area contributed by atoms with Crippen LogP contribution in [0.25, 0.3) is 0 Å². The first-order chi connectivity index (χ1) is 12.9. The number of carbonyl (C=O) groups is 2. The summed E-state index contributed by atoms with van der Waals surface area (Å²) in [6, 6.07) is 2.95. The summed E-state index contributed by atoms with van der Waals surface area (Å²) in [7, 11) is 1.36. The number of hydrogen-bond acceptors (Lipinski definition) is 4. The van der Waals surface area contributed by atoms with Crippen LogP contribution in [0.5, 0.6) is 0 Å². The lowest BCUT2D eigenvalue weighted by Crippen LogP contribution is -2.27. The van der Waals surface area contributed by atoms with Crippen molar-refractivity contribution in [2.45, 2.75) is 38.0 Å². The van der Waals surface area contributed by atoms with Crippen molar-refractivity contribution in [3.05, 3.63) is 49.1 Å². The van der Waals surface area contributed by atoms with Gasteiger partial charge in [0.15, 0.2) is 0 Å². The molecule has 1 aromatic carbocycles.